The molecule has 0 radical (unpaired) electrons. The third-order valence-electron chi connectivity index (χ3n) is 4.91. The van der Waals surface area contributed by atoms with Gasteiger partial charge in [-0.1, -0.05) is 66.4 Å². The fraction of sp³-hybridized carbons (Fsp3) is 0.174. The summed E-state index contributed by atoms with van der Waals surface area (Å²) in [5.74, 6) is -0.225. The van der Waals surface area contributed by atoms with Crippen molar-refractivity contribution in [2.45, 2.75) is 17.9 Å². The molecule has 0 aliphatic carbocycles. The summed E-state index contributed by atoms with van der Waals surface area (Å²) in [7, 11) is 1.27. The summed E-state index contributed by atoms with van der Waals surface area (Å²) < 4.78 is 5.05. The van der Waals surface area contributed by atoms with Gasteiger partial charge in [0.15, 0.2) is 11.0 Å². The minimum Gasteiger partial charge on any atom is -0.465 e. The normalized spacial score (nSPS) is 22.3. The van der Waals surface area contributed by atoms with Crippen molar-refractivity contribution in [1.29, 1.82) is 0 Å². The number of ether oxygens (including phenoxy) is 1. The van der Waals surface area contributed by atoms with E-state index in [4.69, 9.17) is 9.73 Å². The van der Waals surface area contributed by atoms with Crippen LogP contribution in [0.3, 0.4) is 0 Å². The second kappa shape index (κ2) is 8.30. The maximum Gasteiger partial charge on any atom is 0.361 e. The van der Waals surface area contributed by atoms with Gasteiger partial charge in [0.1, 0.15) is 0 Å². The number of aromatic nitrogens is 1. The molecular weight excluding hydrogens is 398 g/mol. The van der Waals surface area contributed by atoms with Crippen LogP contribution in [0.15, 0.2) is 84.0 Å². The van der Waals surface area contributed by atoms with Gasteiger partial charge in [-0.15, -0.1) is 0 Å². The zero-order valence-corrected chi connectivity index (χ0v) is 17.4. The number of nitrogens with zero attached hydrogens (tertiary/aromatic N) is 3. The summed E-state index contributed by atoms with van der Waals surface area (Å²) in [5, 5.41) is 11.7. The molecule has 1 aromatic heterocycles. The summed E-state index contributed by atoms with van der Waals surface area (Å²) in [6.45, 7) is 1.92. The molecule has 2 aromatic carbocycles. The van der Waals surface area contributed by atoms with E-state index in [-0.39, 0.29) is 0 Å². The highest BCUT2D eigenvalue weighted by atomic mass is 32.2. The molecule has 0 amide bonds. The van der Waals surface area contributed by atoms with Gasteiger partial charge in [0.05, 0.1) is 12.4 Å². The third-order valence-corrected chi connectivity index (χ3v) is 6.23. The van der Waals surface area contributed by atoms with E-state index in [1.165, 1.54) is 23.8 Å². The van der Waals surface area contributed by atoms with Crippen LogP contribution in [-0.2, 0) is 9.53 Å². The van der Waals surface area contributed by atoms with E-state index in [1.807, 2.05) is 79.7 Å². The van der Waals surface area contributed by atoms with Crippen molar-refractivity contribution in [1.82, 2.24) is 4.98 Å². The van der Waals surface area contributed by atoms with E-state index in [0.717, 1.165) is 11.1 Å². The first-order valence-corrected chi connectivity index (χ1v) is 10.3. The van der Waals surface area contributed by atoms with Gasteiger partial charge < -0.3 is 9.84 Å². The number of aryl methyl sites for hydroxylation is 1. The lowest BCUT2D eigenvalue weighted by Crippen LogP contribution is -2.55. The molecule has 2 unspecified atom stereocenters. The molecule has 1 aliphatic rings. The maximum atomic E-state index is 13.0. The smallest absolute Gasteiger partial charge is 0.361 e. The first-order valence-electron chi connectivity index (χ1n) is 9.43. The lowest BCUT2D eigenvalue weighted by atomic mass is 9.99. The molecule has 1 saturated heterocycles. The zero-order valence-electron chi connectivity index (χ0n) is 16.6. The number of aliphatic imine (C=N–C) groups is 1. The van der Waals surface area contributed by atoms with Gasteiger partial charge in [0.25, 0.3) is 5.72 Å². The molecule has 3 aromatic rings. The molecule has 7 heteroatoms. The Morgan fingerprint density at radius 1 is 1.10 bits per heavy atom. The average Bonchev–Trinajstić information content (AvgIpc) is 3.09. The molecule has 2 heterocycles. The van der Waals surface area contributed by atoms with Crippen molar-refractivity contribution in [2.24, 2.45) is 4.99 Å². The van der Waals surface area contributed by atoms with Gasteiger partial charge in [-0.3, -0.25) is 4.90 Å². The van der Waals surface area contributed by atoms with Gasteiger partial charge in [-0.05, 0) is 36.2 Å². The molecule has 30 heavy (non-hydrogen) atoms. The monoisotopic (exact) mass is 419 g/mol. The van der Waals surface area contributed by atoms with Gasteiger partial charge in [-0.25, -0.2) is 14.8 Å². The zero-order chi connectivity index (χ0) is 21.1. The van der Waals surface area contributed by atoms with Crippen LogP contribution in [0.1, 0.15) is 16.4 Å². The average molecular weight is 420 g/mol. The predicted octanol–water partition coefficient (Wildman–Crippen LogP) is 4.23. The Bertz CT molecular complexity index is 1080. The van der Waals surface area contributed by atoms with Crippen molar-refractivity contribution in [3.05, 3.63) is 90.1 Å². The quantitative estimate of drug-likeness (QED) is 0.638. The summed E-state index contributed by atoms with van der Waals surface area (Å²) in [5.41, 5.74) is 0.329. The number of amidine groups is 1. The summed E-state index contributed by atoms with van der Waals surface area (Å²) in [6, 6.07) is 22.4. The van der Waals surface area contributed by atoms with E-state index in [0.29, 0.717) is 16.7 Å². The Morgan fingerprint density at radius 3 is 2.40 bits per heavy atom. The fourth-order valence-electron chi connectivity index (χ4n) is 3.43. The van der Waals surface area contributed by atoms with Crippen LogP contribution in [0.2, 0.25) is 0 Å². The van der Waals surface area contributed by atoms with E-state index in [2.05, 4.69) is 4.98 Å². The number of rotatable bonds is 4. The molecule has 1 fully saturated rings. The van der Waals surface area contributed by atoms with E-state index >= 15 is 0 Å². The van der Waals surface area contributed by atoms with Gasteiger partial charge in [0.2, 0.25) is 0 Å². The third kappa shape index (κ3) is 3.46. The number of carbonyl (C=O) groups is 1. The van der Waals surface area contributed by atoms with E-state index in [9.17, 15) is 9.90 Å². The van der Waals surface area contributed by atoms with E-state index < -0.39 is 16.9 Å². The predicted molar refractivity (Wildman–Crippen MR) is 119 cm³/mol. The summed E-state index contributed by atoms with van der Waals surface area (Å²) in [4.78, 5) is 23.6. The highest BCUT2D eigenvalue weighted by Gasteiger charge is 2.59. The number of anilines is 1. The van der Waals surface area contributed by atoms with Crippen LogP contribution >= 0.6 is 11.8 Å². The Hall–Kier alpha value is -3.16. The first kappa shape index (κ1) is 20.1. The standard InChI is InChI=1S/C23H21N3O3S/c1-16-10-9-15-24-20(16)25-22-26(18-13-7-4-8-14-18)23(28,21(27)29-2)19(30-22)17-11-5-3-6-12-17/h3-15,19,28H,1-2H3/b25-22+. The van der Waals surface area contributed by atoms with Crippen molar-refractivity contribution in [3.63, 3.8) is 0 Å². The van der Waals surface area contributed by atoms with Gasteiger partial charge in [-0.2, -0.15) is 0 Å². The number of thioether (sulfide) groups is 1. The number of esters is 1. The molecule has 1 N–H and O–H groups in total. The topological polar surface area (TPSA) is 75.0 Å². The minimum absolute atomic E-state index is 0.463. The molecule has 152 valence electrons. The van der Waals surface area contributed by atoms with Crippen molar-refractivity contribution in [3.8, 4) is 0 Å². The Labute approximate surface area is 179 Å². The van der Waals surface area contributed by atoms with Gasteiger partial charge >= 0.3 is 5.97 Å². The number of aliphatic hydroxyl groups is 1. The van der Waals surface area contributed by atoms with E-state index in [1.54, 1.807) is 6.20 Å². The van der Waals surface area contributed by atoms with Crippen LogP contribution in [-0.4, -0.2) is 34.1 Å². The molecule has 0 spiro atoms. The SMILES string of the molecule is COC(=O)C1(O)C(c2ccccc2)S/C(=N/c2ncccc2C)N1c1ccccc1. The molecule has 1 aliphatic heterocycles. The van der Waals surface area contributed by atoms with Gasteiger partial charge in [0, 0.05) is 11.9 Å². The number of hydrogen-bond donors (Lipinski definition) is 1. The van der Waals surface area contributed by atoms with Crippen LogP contribution in [0.25, 0.3) is 0 Å². The number of carbonyl (C=O) groups excluding carboxylic acids is 1. The number of para-hydroxylation sites is 1. The number of hydrogen-bond acceptors (Lipinski definition) is 6. The Kier molecular flexibility index (Phi) is 5.57. The van der Waals surface area contributed by atoms with Crippen molar-refractivity contribution >= 4 is 34.4 Å². The fourth-order valence-corrected chi connectivity index (χ4v) is 4.79. The molecule has 6 nitrogen and oxygen atoms in total. The van der Waals surface area contributed by atoms with Crippen LogP contribution in [0, 0.1) is 6.92 Å². The highest BCUT2D eigenvalue weighted by Crippen LogP contribution is 2.51. The Morgan fingerprint density at radius 2 is 1.77 bits per heavy atom. The molecule has 0 saturated carbocycles. The van der Waals surface area contributed by atoms with Crippen LogP contribution in [0.4, 0.5) is 11.5 Å². The largest absolute Gasteiger partial charge is 0.465 e. The lowest BCUT2D eigenvalue weighted by molar-refractivity contribution is -0.161. The second-order valence-electron chi connectivity index (χ2n) is 6.84. The Balaban J connectivity index is 1.93. The summed E-state index contributed by atoms with van der Waals surface area (Å²) in [6.07, 6.45) is 1.67. The van der Waals surface area contributed by atoms with Crippen LogP contribution < -0.4 is 4.90 Å². The number of methoxy groups -OCH3 is 1. The lowest BCUT2D eigenvalue weighted by Gasteiger charge is -2.34. The second-order valence-corrected chi connectivity index (χ2v) is 7.91. The molecule has 0 bridgehead atoms. The molecular formula is C23H21N3O3S. The first-order chi connectivity index (χ1) is 14.6. The van der Waals surface area contributed by atoms with Crippen molar-refractivity contribution in [2.75, 3.05) is 12.0 Å². The number of pyridine rings is 1. The summed E-state index contributed by atoms with van der Waals surface area (Å²) >= 11 is 1.31. The minimum atomic E-state index is -1.98. The highest BCUT2D eigenvalue weighted by molar-refractivity contribution is 8.15. The van der Waals surface area contributed by atoms with Crippen LogP contribution in [0.5, 0.6) is 0 Å². The number of benzene rings is 2. The molecule has 2 atom stereocenters. The van der Waals surface area contributed by atoms with Crippen molar-refractivity contribution < 1.29 is 14.6 Å². The maximum absolute atomic E-state index is 13.0. The molecule has 4 rings (SSSR count).